The van der Waals surface area contributed by atoms with Crippen LogP contribution in [0.15, 0.2) is 17.0 Å². The molecule has 0 unspecified atom stereocenters. The van der Waals surface area contributed by atoms with Gasteiger partial charge in [0.2, 0.25) is 10.0 Å². The topological polar surface area (TPSA) is 46.2 Å². The summed E-state index contributed by atoms with van der Waals surface area (Å²) in [5.41, 5.74) is 2.55. The Kier molecular flexibility index (Phi) is 4.98. The van der Waals surface area contributed by atoms with Crippen molar-refractivity contribution in [1.82, 2.24) is 4.72 Å². The molecule has 0 radical (unpaired) electrons. The van der Waals surface area contributed by atoms with Crippen LogP contribution in [0.1, 0.15) is 30.0 Å². The van der Waals surface area contributed by atoms with Gasteiger partial charge >= 0.3 is 0 Å². The highest BCUT2D eigenvalue weighted by Crippen LogP contribution is 2.21. The van der Waals surface area contributed by atoms with Gasteiger partial charge in [-0.1, -0.05) is 13.0 Å². The number of hydrogen-bond donors (Lipinski definition) is 1. The Labute approximate surface area is 108 Å². The summed E-state index contributed by atoms with van der Waals surface area (Å²) in [5.74, 6) is 0.317. The highest BCUT2D eigenvalue weighted by molar-refractivity contribution is 7.89. The van der Waals surface area contributed by atoms with Crippen molar-refractivity contribution in [1.29, 1.82) is 0 Å². The lowest BCUT2D eigenvalue weighted by Crippen LogP contribution is -2.25. The van der Waals surface area contributed by atoms with Crippen molar-refractivity contribution in [3.63, 3.8) is 0 Å². The smallest absolute Gasteiger partial charge is 0.211 e. The molecule has 0 aromatic heterocycles. The summed E-state index contributed by atoms with van der Waals surface area (Å²) in [6.45, 7) is 6.08. The second kappa shape index (κ2) is 5.85. The van der Waals surface area contributed by atoms with Crippen molar-refractivity contribution in [2.45, 2.75) is 38.0 Å². The van der Waals surface area contributed by atoms with Gasteiger partial charge in [-0.2, -0.15) is 0 Å². The SMILES string of the molecule is CCCNS(=O)(=O)c1cc(CCl)cc(C)c1C. The first-order valence-corrected chi connectivity index (χ1v) is 7.60. The van der Waals surface area contributed by atoms with Gasteiger partial charge < -0.3 is 0 Å². The first-order chi connectivity index (χ1) is 7.92. The van der Waals surface area contributed by atoms with Crippen molar-refractivity contribution >= 4 is 21.6 Å². The van der Waals surface area contributed by atoms with E-state index in [1.54, 1.807) is 6.07 Å². The van der Waals surface area contributed by atoms with Crippen LogP contribution in [0.3, 0.4) is 0 Å². The quantitative estimate of drug-likeness (QED) is 0.840. The number of benzene rings is 1. The summed E-state index contributed by atoms with van der Waals surface area (Å²) in [4.78, 5) is 0.335. The van der Waals surface area contributed by atoms with Crippen LogP contribution in [-0.2, 0) is 15.9 Å². The minimum absolute atomic E-state index is 0.317. The molecule has 5 heteroatoms. The summed E-state index contributed by atoms with van der Waals surface area (Å²) >= 11 is 5.76. The van der Waals surface area contributed by atoms with Gasteiger partial charge in [0.25, 0.3) is 0 Å². The molecule has 0 aliphatic rings. The second-order valence-electron chi connectivity index (χ2n) is 4.07. The van der Waals surface area contributed by atoms with Gasteiger partial charge in [0.05, 0.1) is 4.90 Å². The van der Waals surface area contributed by atoms with Gasteiger partial charge in [-0.05, 0) is 43.0 Å². The lowest BCUT2D eigenvalue weighted by atomic mass is 10.1. The Morgan fingerprint density at radius 2 is 1.94 bits per heavy atom. The molecule has 17 heavy (non-hydrogen) atoms. The molecule has 1 aromatic rings. The van der Waals surface area contributed by atoms with Gasteiger partial charge in [0.1, 0.15) is 0 Å². The zero-order chi connectivity index (χ0) is 13.1. The Balaban J connectivity index is 3.25. The van der Waals surface area contributed by atoms with Crippen molar-refractivity contribution in [3.05, 3.63) is 28.8 Å². The van der Waals surface area contributed by atoms with E-state index in [9.17, 15) is 8.42 Å². The van der Waals surface area contributed by atoms with Crippen molar-refractivity contribution < 1.29 is 8.42 Å². The van der Waals surface area contributed by atoms with Crippen molar-refractivity contribution in [2.75, 3.05) is 6.54 Å². The van der Waals surface area contributed by atoms with E-state index in [0.717, 1.165) is 23.1 Å². The fourth-order valence-corrected chi connectivity index (χ4v) is 3.22. The van der Waals surface area contributed by atoms with Crippen LogP contribution in [0.25, 0.3) is 0 Å². The average molecular weight is 276 g/mol. The average Bonchev–Trinajstić information content (AvgIpc) is 2.29. The third kappa shape index (κ3) is 3.44. The maximum absolute atomic E-state index is 12.1. The van der Waals surface area contributed by atoms with Crippen LogP contribution in [0, 0.1) is 13.8 Å². The fraction of sp³-hybridized carbons (Fsp3) is 0.500. The van der Waals surface area contributed by atoms with E-state index in [4.69, 9.17) is 11.6 Å². The third-order valence-electron chi connectivity index (χ3n) is 2.67. The number of alkyl halides is 1. The van der Waals surface area contributed by atoms with E-state index in [2.05, 4.69) is 4.72 Å². The van der Waals surface area contributed by atoms with Crippen LogP contribution in [0.4, 0.5) is 0 Å². The molecule has 0 fully saturated rings. The van der Waals surface area contributed by atoms with E-state index < -0.39 is 10.0 Å². The molecule has 0 aliphatic carbocycles. The number of sulfonamides is 1. The van der Waals surface area contributed by atoms with Gasteiger partial charge in [-0.15, -0.1) is 11.6 Å². The molecule has 1 rings (SSSR count). The molecule has 0 aliphatic heterocycles. The van der Waals surface area contributed by atoms with Crippen LogP contribution in [0.5, 0.6) is 0 Å². The maximum Gasteiger partial charge on any atom is 0.240 e. The highest BCUT2D eigenvalue weighted by Gasteiger charge is 2.17. The van der Waals surface area contributed by atoms with Gasteiger partial charge in [0.15, 0.2) is 0 Å². The number of hydrogen-bond acceptors (Lipinski definition) is 2. The van der Waals surface area contributed by atoms with Crippen LogP contribution in [0.2, 0.25) is 0 Å². The number of nitrogens with one attached hydrogen (secondary N) is 1. The molecule has 0 bridgehead atoms. The predicted octanol–water partition coefficient (Wildman–Crippen LogP) is 2.73. The molecule has 0 saturated carbocycles. The highest BCUT2D eigenvalue weighted by atomic mass is 35.5. The standard InChI is InChI=1S/C12H18ClNO2S/c1-4-5-14-17(15,16)12-7-11(8-13)6-9(2)10(12)3/h6-7,14H,4-5,8H2,1-3H3. The van der Waals surface area contributed by atoms with Crippen LogP contribution in [-0.4, -0.2) is 15.0 Å². The summed E-state index contributed by atoms with van der Waals surface area (Å²) < 4.78 is 26.7. The molecule has 0 spiro atoms. The van der Waals surface area contributed by atoms with E-state index in [0.29, 0.717) is 17.3 Å². The normalized spacial score (nSPS) is 11.8. The monoisotopic (exact) mass is 275 g/mol. The van der Waals surface area contributed by atoms with Gasteiger partial charge in [-0.25, -0.2) is 13.1 Å². The predicted molar refractivity (Wildman–Crippen MR) is 71.0 cm³/mol. The largest absolute Gasteiger partial charge is 0.240 e. The number of aryl methyl sites for hydroxylation is 1. The Morgan fingerprint density at radius 3 is 2.47 bits per heavy atom. The third-order valence-corrected chi connectivity index (χ3v) is 4.56. The van der Waals surface area contributed by atoms with Gasteiger partial charge in [-0.3, -0.25) is 0 Å². The molecule has 3 nitrogen and oxygen atoms in total. The van der Waals surface area contributed by atoms with Crippen molar-refractivity contribution in [2.24, 2.45) is 0 Å². The minimum atomic E-state index is -3.42. The van der Waals surface area contributed by atoms with E-state index in [1.165, 1.54) is 0 Å². The number of halogens is 1. The van der Waals surface area contributed by atoms with Crippen molar-refractivity contribution in [3.8, 4) is 0 Å². The zero-order valence-electron chi connectivity index (χ0n) is 10.4. The molecule has 0 saturated heterocycles. The second-order valence-corrected chi connectivity index (χ2v) is 6.07. The summed E-state index contributed by atoms with van der Waals surface area (Å²) in [6, 6.07) is 3.56. The van der Waals surface area contributed by atoms with E-state index in [1.807, 2.05) is 26.8 Å². The first kappa shape index (κ1) is 14.5. The molecule has 0 atom stereocenters. The van der Waals surface area contributed by atoms with Gasteiger partial charge in [0, 0.05) is 12.4 Å². The fourth-order valence-electron chi connectivity index (χ4n) is 1.57. The lowest BCUT2D eigenvalue weighted by Gasteiger charge is -2.12. The summed E-state index contributed by atoms with van der Waals surface area (Å²) in [7, 11) is -3.42. The first-order valence-electron chi connectivity index (χ1n) is 5.58. The lowest BCUT2D eigenvalue weighted by molar-refractivity contribution is 0.580. The molecular weight excluding hydrogens is 258 g/mol. The maximum atomic E-state index is 12.1. The Morgan fingerprint density at radius 1 is 1.29 bits per heavy atom. The molecular formula is C12H18ClNO2S. The minimum Gasteiger partial charge on any atom is -0.211 e. The molecule has 0 heterocycles. The van der Waals surface area contributed by atoms with E-state index in [-0.39, 0.29) is 0 Å². The Bertz CT molecular complexity index is 497. The molecule has 96 valence electrons. The Hall–Kier alpha value is -0.580. The van der Waals surface area contributed by atoms with Crippen LogP contribution >= 0.6 is 11.6 Å². The van der Waals surface area contributed by atoms with Crippen LogP contribution < -0.4 is 4.72 Å². The number of rotatable bonds is 5. The van der Waals surface area contributed by atoms with E-state index >= 15 is 0 Å². The molecule has 0 amide bonds. The zero-order valence-corrected chi connectivity index (χ0v) is 12.0. The molecule has 1 N–H and O–H groups in total. The summed E-state index contributed by atoms with van der Waals surface area (Å²) in [5, 5.41) is 0. The summed E-state index contributed by atoms with van der Waals surface area (Å²) in [6.07, 6.45) is 0.770. The molecule has 1 aromatic carbocycles.